The first kappa shape index (κ1) is 13.6. The molecule has 2 aromatic rings. The zero-order valence-corrected chi connectivity index (χ0v) is 11.5. The lowest BCUT2D eigenvalue weighted by molar-refractivity contribution is -0.160. The number of fused-ring (bicyclic) bond motifs is 1. The van der Waals surface area contributed by atoms with Crippen LogP contribution in [0.3, 0.4) is 0 Å². The highest BCUT2D eigenvalue weighted by atomic mass is 16.5. The molecule has 110 valence electrons. The maximum atomic E-state index is 12.5. The molecule has 0 radical (unpaired) electrons. The predicted octanol–water partition coefficient (Wildman–Crippen LogP) is 0.648. The molecule has 7 nitrogen and oxygen atoms in total. The summed E-state index contributed by atoms with van der Waals surface area (Å²) in [5.74, 6) is -1.25. The van der Waals surface area contributed by atoms with Gasteiger partial charge in [-0.25, -0.2) is 9.78 Å². The molecular weight excluding hydrogens is 274 g/mol. The van der Waals surface area contributed by atoms with E-state index in [4.69, 9.17) is 9.84 Å². The lowest BCUT2D eigenvalue weighted by Crippen LogP contribution is -2.51. The zero-order valence-electron chi connectivity index (χ0n) is 11.5. The van der Waals surface area contributed by atoms with Crippen LogP contribution < -0.4 is 0 Å². The second-order valence-electron chi connectivity index (χ2n) is 5.09. The van der Waals surface area contributed by atoms with Gasteiger partial charge in [-0.2, -0.15) is 0 Å². The number of nitrogens with zero attached hydrogens (tertiary/aromatic N) is 3. The van der Waals surface area contributed by atoms with Gasteiger partial charge < -0.3 is 19.1 Å². The second kappa shape index (κ2) is 5.17. The molecule has 3 heterocycles. The van der Waals surface area contributed by atoms with E-state index in [1.54, 1.807) is 42.0 Å². The molecule has 1 aliphatic heterocycles. The van der Waals surface area contributed by atoms with Crippen molar-refractivity contribution in [3.63, 3.8) is 0 Å². The predicted molar refractivity (Wildman–Crippen MR) is 73.1 cm³/mol. The van der Waals surface area contributed by atoms with E-state index in [1.165, 1.54) is 4.90 Å². The Labute approximate surface area is 120 Å². The third-order valence-corrected chi connectivity index (χ3v) is 3.46. The summed E-state index contributed by atoms with van der Waals surface area (Å²) in [6, 6.07) is 3.45. The maximum Gasteiger partial charge on any atom is 0.334 e. The SMILES string of the molecule is C[C@@H]1CN(C(=O)c2ccc3nccn3c2)CC(C(=O)O)O1. The minimum absolute atomic E-state index is 0.0560. The molecule has 0 bridgehead atoms. The second-order valence-corrected chi connectivity index (χ2v) is 5.09. The standard InChI is InChI=1S/C14H15N3O4/c1-9-6-17(8-11(21-9)14(19)20)13(18)10-2-3-12-15-4-5-16(12)7-10/h2-5,7,9,11H,6,8H2,1H3,(H,19,20)/t9-,11?/m1/s1. The summed E-state index contributed by atoms with van der Waals surface area (Å²) in [6.07, 6.45) is 3.82. The summed E-state index contributed by atoms with van der Waals surface area (Å²) in [7, 11) is 0. The van der Waals surface area contributed by atoms with E-state index >= 15 is 0 Å². The van der Waals surface area contributed by atoms with Crippen LogP contribution in [0.4, 0.5) is 0 Å². The highest BCUT2D eigenvalue weighted by Gasteiger charge is 2.33. The fourth-order valence-electron chi connectivity index (χ4n) is 2.48. The molecule has 1 fully saturated rings. The molecule has 1 aliphatic rings. The first-order valence-corrected chi connectivity index (χ1v) is 6.65. The van der Waals surface area contributed by atoms with Gasteiger partial charge in [0.25, 0.3) is 5.91 Å². The fraction of sp³-hybridized carbons (Fsp3) is 0.357. The summed E-state index contributed by atoms with van der Waals surface area (Å²) < 4.78 is 7.07. The number of ether oxygens (including phenoxy) is 1. The Balaban J connectivity index is 1.84. The van der Waals surface area contributed by atoms with Gasteiger partial charge in [-0.1, -0.05) is 0 Å². The number of aromatic nitrogens is 2. The zero-order chi connectivity index (χ0) is 15.0. The van der Waals surface area contributed by atoms with Gasteiger partial charge in [0.1, 0.15) is 5.65 Å². The number of amides is 1. The molecule has 21 heavy (non-hydrogen) atoms. The van der Waals surface area contributed by atoms with Crippen LogP contribution in [0.1, 0.15) is 17.3 Å². The number of imidazole rings is 1. The number of pyridine rings is 1. The quantitative estimate of drug-likeness (QED) is 0.877. The Bertz CT molecular complexity index is 696. The Hall–Kier alpha value is -2.41. The van der Waals surface area contributed by atoms with Gasteiger partial charge in [-0.15, -0.1) is 0 Å². The number of carboxylic acid groups (broad SMARTS) is 1. The van der Waals surface area contributed by atoms with Gasteiger partial charge in [0.05, 0.1) is 18.2 Å². The average molecular weight is 289 g/mol. The Morgan fingerprint density at radius 2 is 2.19 bits per heavy atom. The lowest BCUT2D eigenvalue weighted by Gasteiger charge is -2.34. The third kappa shape index (κ3) is 2.59. The lowest BCUT2D eigenvalue weighted by atomic mass is 10.1. The molecule has 0 aliphatic carbocycles. The number of carbonyl (C=O) groups excluding carboxylic acids is 1. The minimum atomic E-state index is -1.05. The molecule has 1 amide bonds. The number of rotatable bonds is 2. The van der Waals surface area contributed by atoms with Crippen molar-refractivity contribution in [2.45, 2.75) is 19.1 Å². The Morgan fingerprint density at radius 3 is 2.95 bits per heavy atom. The van der Waals surface area contributed by atoms with Crippen LogP contribution >= 0.6 is 0 Å². The van der Waals surface area contributed by atoms with Crippen molar-refractivity contribution < 1.29 is 19.4 Å². The van der Waals surface area contributed by atoms with E-state index in [2.05, 4.69) is 4.98 Å². The fourth-order valence-corrected chi connectivity index (χ4v) is 2.48. The van der Waals surface area contributed by atoms with Gasteiger partial charge in [0.2, 0.25) is 0 Å². The van der Waals surface area contributed by atoms with E-state index < -0.39 is 12.1 Å². The normalized spacial score (nSPS) is 22.4. The highest BCUT2D eigenvalue weighted by molar-refractivity contribution is 5.94. The van der Waals surface area contributed by atoms with Crippen LogP contribution in [-0.2, 0) is 9.53 Å². The molecule has 7 heteroatoms. The molecular formula is C14H15N3O4. The highest BCUT2D eigenvalue weighted by Crippen LogP contribution is 2.15. The summed E-state index contributed by atoms with van der Waals surface area (Å²) in [5.41, 5.74) is 1.25. The van der Waals surface area contributed by atoms with Crippen molar-refractivity contribution in [2.75, 3.05) is 13.1 Å². The largest absolute Gasteiger partial charge is 0.479 e. The van der Waals surface area contributed by atoms with Crippen LogP contribution in [0.25, 0.3) is 5.65 Å². The summed E-state index contributed by atoms with van der Waals surface area (Å²) in [5, 5.41) is 9.06. The molecule has 3 rings (SSSR count). The van der Waals surface area contributed by atoms with Crippen molar-refractivity contribution in [1.82, 2.24) is 14.3 Å². The van der Waals surface area contributed by atoms with Crippen molar-refractivity contribution >= 4 is 17.5 Å². The number of carboxylic acids is 1. The first-order valence-electron chi connectivity index (χ1n) is 6.65. The van der Waals surface area contributed by atoms with Gasteiger partial charge in [-0.05, 0) is 19.1 Å². The molecule has 1 saturated heterocycles. The molecule has 1 N–H and O–H groups in total. The van der Waals surface area contributed by atoms with Gasteiger partial charge in [0, 0.05) is 25.1 Å². The number of hydrogen-bond donors (Lipinski definition) is 1. The van der Waals surface area contributed by atoms with Gasteiger partial charge >= 0.3 is 5.97 Å². The molecule has 2 atom stereocenters. The molecule has 2 aromatic heterocycles. The smallest absolute Gasteiger partial charge is 0.334 e. The van der Waals surface area contributed by atoms with Crippen molar-refractivity contribution in [3.05, 3.63) is 36.3 Å². The van der Waals surface area contributed by atoms with Crippen molar-refractivity contribution in [1.29, 1.82) is 0 Å². The average Bonchev–Trinajstić information content (AvgIpc) is 2.93. The van der Waals surface area contributed by atoms with Crippen molar-refractivity contribution in [3.8, 4) is 0 Å². The monoisotopic (exact) mass is 289 g/mol. The summed E-state index contributed by atoms with van der Waals surface area (Å²) >= 11 is 0. The first-order chi connectivity index (χ1) is 10.0. The van der Waals surface area contributed by atoms with E-state index in [-0.39, 0.29) is 18.6 Å². The minimum Gasteiger partial charge on any atom is -0.479 e. The van der Waals surface area contributed by atoms with Gasteiger partial charge in [0.15, 0.2) is 6.10 Å². The molecule has 0 aromatic carbocycles. The van der Waals surface area contributed by atoms with Crippen LogP contribution in [0.5, 0.6) is 0 Å². The molecule has 1 unspecified atom stereocenters. The topological polar surface area (TPSA) is 84.1 Å². The Morgan fingerprint density at radius 1 is 1.38 bits per heavy atom. The maximum absolute atomic E-state index is 12.5. The van der Waals surface area contributed by atoms with Gasteiger partial charge in [-0.3, -0.25) is 4.79 Å². The van der Waals surface area contributed by atoms with Crippen LogP contribution in [-0.4, -0.2) is 56.6 Å². The number of hydrogen-bond acceptors (Lipinski definition) is 4. The summed E-state index contributed by atoms with van der Waals surface area (Å²) in [6.45, 7) is 2.19. The van der Waals surface area contributed by atoms with E-state index in [0.29, 0.717) is 12.1 Å². The van der Waals surface area contributed by atoms with Crippen LogP contribution in [0.2, 0.25) is 0 Å². The Kier molecular flexibility index (Phi) is 3.34. The third-order valence-electron chi connectivity index (χ3n) is 3.46. The number of aliphatic carboxylic acids is 1. The molecule has 0 saturated carbocycles. The number of carbonyl (C=O) groups is 2. The summed E-state index contributed by atoms with van der Waals surface area (Å²) in [4.78, 5) is 29.2. The van der Waals surface area contributed by atoms with Crippen molar-refractivity contribution in [2.24, 2.45) is 0 Å². The van der Waals surface area contributed by atoms with E-state index in [9.17, 15) is 9.59 Å². The van der Waals surface area contributed by atoms with Crippen LogP contribution in [0, 0.1) is 0 Å². The van der Waals surface area contributed by atoms with E-state index in [0.717, 1.165) is 5.65 Å². The number of morpholine rings is 1. The van der Waals surface area contributed by atoms with E-state index in [1.807, 2.05) is 0 Å². The molecule has 0 spiro atoms. The van der Waals surface area contributed by atoms with Crippen LogP contribution in [0.15, 0.2) is 30.7 Å².